The third kappa shape index (κ3) is 4.92. The van der Waals surface area contributed by atoms with Crippen molar-refractivity contribution in [2.24, 2.45) is 4.99 Å². The second kappa shape index (κ2) is 9.91. The van der Waals surface area contributed by atoms with E-state index in [2.05, 4.69) is 22.0 Å². The minimum atomic E-state index is 0.660. The second-order valence-electron chi connectivity index (χ2n) is 8.49. The molecule has 1 heterocycles. The summed E-state index contributed by atoms with van der Waals surface area (Å²) in [5.41, 5.74) is 7.06. The van der Waals surface area contributed by atoms with Crippen molar-refractivity contribution in [1.29, 1.82) is 0 Å². The van der Waals surface area contributed by atoms with Gasteiger partial charge in [-0.2, -0.15) is 0 Å². The molecule has 7 heteroatoms. The van der Waals surface area contributed by atoms with Crippen LogP contribution >= 0.6 is 34.8 Å². The molecule has 4 nitrogen and oxygen atoms in total. The maximum atomic E-state index is 6.21. The molecule has 2 aliphatic rings. The Kier molecular flexibility index (Phi) is 6.31. The smallest absolute Gasteiger partial charge is 0.0900 e. The Balaban J connectivity index is 1.65. The average molecular weight is 542 g/mol. The van der Waals surface area contributed by atoms with Crippen molar-refractivity contribution in [1.82, 2.24) is 9.55 Å². The summed E-state index contributed by atoms with van der Waals surface area (Å²) < 4.78 is 2.18. The van der Waals surface area contributed by atoms with Crippen LogP contribution in [0.5, 0.6) is 0 Å². The van der Waals surface area contributed by atoms with Crippen molar-refractivity contribution < 1.29 is 0 Å². The topological polar surface area (TPSA) is 42.2 Å². The monoisotopic (exact) mass is 540 g/mol. The van der Waals surface area contributed by atoms with Gasteiger partial charge < -0.3 is 9.88 Å². The highest BCUT2D eigenvalue weighted by molar-refractivity contribution is 6.31. The predicted octanol–water partition coefficient (Wildman–Crippen LogP) is 9.07. The first-order valence-electron chi connectivity index (χ1n) is 11.6. The van der Waals surface area contributed by atoms with E-state index in [1.54, 1.807) is 0 Å². The van der Waals surface area contributed by atoms with Crippen LogP contribution in [-0.4, -0.2) is 9.55 Å². The molecule has 180 valence electrons. The lowest BCUT2D eigenvalue weighted by atomic mass is 10.1. The summed E-state index contributed by atoms with van der Waals surface area (Å²) in [6.45, 7) is 0. The lowest BCUT2D eigenvalue weighted by Crippen LogP contribution is -2.14. The third-order valence-electron chi connectivity index (χ3n) is 5.98. The van der Waals surface area contributed by atoms with E-state index in [-0.39, 0.29) is 0 Å². The molecule has 37 heavy (non-hydrogen) atoms. The number of para-hydroxylation sites is 2. The van der Waals surface area contributed by atoms with Crippen LogP contribution in [0.1, 0.15) is 0 Å². The Labute approximate surface area is 228 Å². The Bertz CT molecular complexity index is 1760. The molecule has 1 aliphatic heterocycles. The van der Waals surface area contributed by atoms with Gasteiger partial charge in [0.15, 0.2) is 0 Å². The third-order valence-corrected chi connectivity index (χ3v) is 6.74. The van der Waals surface area contributed by atoms with Crippen molar-refractivity contribution >= 4 is 62.9 Å². The summed E-state index contributed by atoms with van der Waals surface area (Å²) in [5, 5.41) is 6.26. The number of halogens is 3. The maximum absolute atomic E-state index is 6.21. The molecule has 4 aromatic rings. The van der Waals surface area contributed by atoms with Gasteiger partial charge in [-0.15, -0.1) is 0 Å². The number of benzene rings is 5. The fourth-order valence-electron chi connectivity index (χ4n) is 4.25. The van der Waals surface area contributed by atoms with Crippen LogP contribution in [0.15, 0.2) is 114 Å². The number of nitrogens with zero attached hydrogens (tertiary/aromatic N) is 3. The Hall–Kier alpha value is -3.83. The largest absolute Gasteiger partial charge is 0.354 e. The lowest BCUT2D eigenvalue weighted by molar-refractivity contribution is 1.07. The molecule has 6 rings (SSSR count). The Morgan fingerprint density at radius 2 is 1.30 bits per heavy atom. The lowest BCUT2D eigenvalue weighted by Gasteiger charge is -2.20. The van der Waals surface area contributed by atoms with Gasteiger partial charge in [0, 0.05) is 26.4 Å². The van der Waals surface area contributed by atoms with Crippen molar-refractivity contribution in [3.63, 3.8) is 0 Å². The van der Waals surface area contributed by atoms with Crippen molar-refractivity contribution in [3.05, 3.63) is 130 Å². The van der Waals surface area contributed by atoms with Crippen molar-refractivity contribution in [3.8, 4) is 17.1 Å². The van der Waals surface area contributed by atoms with Gasteiger partial charge in [0.1, 0.15) is 0 Å². The number of anilines is 2. The van der Waals surface area contributed by atoms with E-state index in [9.17, 15) is 0 Å². The standard InChI is InChI=1S/C30H19Cl3N4/c31-19-5-11-22(12-6-19)34-26-17-28-30(18-27(26)35-23-13-7-20(32)8-14-23)37(24-15-9-21(33)10-16-24)29-4-2-1-3-25(29)36-28/h1-18,34H. The molecule has 0 saturated heterocycles. The van der Waals surface area contributed by atoms with E-state index in [1.807, 2.05) is 97.1 Å². The minimum absolute atomic E-state index is 0.660. The first-order chi connectivity index (χ1) is 18.0. The fourth-order valence-corrected chi connectivity index (χ4v) is 4.62. The number of rotatable bonds is 4. The first kappa shape index (κ1) is 23.6. The van der Waals surface area contributed by atoms with Gasteiger partial charge >= 0.3 is 0 Å². The minimum Gasteiger partial charge on any atom is -0.354 e. The van der Waals surface area contributed by atoms with Crippen LogP contribution in [0.4, 0.5) is 17.1 Å². The summed E-state index contributed by atoms with van der Waals surface area (Å²) in [6.07, 6.45) is 0. The second-order valence-corrected chi connectivity index (χ2v) is 9.80. The first-order valence-corrected chi connectivity index (χ1v) is 12.7. The average Bonchev–Trinajstić information content (AvgIpc) is 2.91. The van der Waals surface area contributed by atoms with Crippen LogP contribution in [0, 0.1) is 0 Å². The van der Waals surface area contributed by atoms with Crippen LogP contribution in [0.2, 0.25) is 15.1 Å². The number of nitrogens with one attached hydrogen (secondary N) is 1. The van der Waals surface area contributed by atoms with Crippen LogP contribution in [0.3, 0.4) is 0 Å². The number of hydrogen-bond acceptors (Lipinski definition) is 3. The van der Waals surface area contributed by atoms with Crippen molar-refractivity contribution in [2.75, 3.05) is 5.32 Å². The van der Waals surface area contributed by atoms with E-state index in [0.717, 1.165) is 50.5 Å². The molecule has 0 spiro atoms. The molecule has 1 N–H and O–H groups in total. The normalized spacial score (nSPS) is 11.8. The van der Waals surface area contributed by atoms with Crippen LogP contribution < -0.4 is 10.7 Å². The Morgan fingerprint density at radius 1 is 0.676 bits per heavy atom. The summed E-state index contributed by atoms with van der Waals surface area (Å²) in [7, 11) is 0. The van der Waals surface area contributed by atoms with E-state index >= 15 is 0 Å². The zero-order chi connectivity index (χ0) is 25.4. The van der Waals surface area contributed by atoms with Crippen LogP contribution in [-0.2, 0) is 0 Å². The molecule has 0 fully saturated rings. The van der Waals surface area contributed by atoms with Crippen molar-refractivity contribution in [2.45, 2.75) is 0 Å². The molecule has 0 saturated carbocycles. The number of aromatic nitrogens is 2. The summed E-state index contributed by atoms with van der Waals surface area (Å²) in [5.74, 6) is 0. The van der Waals surface area contributed by atoms with E-state index in [4.69, 9.17) is 44.8 Å². The van der Waals surface area contributed by atoms with E-state index in [0.29, 0.717) is 15.1 Å². The quantitative estimate of drug-likeness (QED) is 0.226. The van der Waals surface area contributed by atoms with Gasteiger partial charge in [0.25, 0.3) is 0 Å². The molecule has 4 aromatic carbocycles. The van der Waals surface area contributed by atoms with Crippen LogP contribution in [0.25, 0.3) is 28.1 Å². The van der Waals surface area contributed by atoms with Gasteiger partial charge in [0.2, 0.25) is 0 Å². The van der Waals surface area contributed by atoms with Gasteiger partial charge in [-0.3, -0.25) is 0 Å². The number of fused-ring (bicyclic) bond motifs is 2. The summed E-state index contributed by atoms with van der Waals surface area (Å²) in [4.78, 5) is 9.96. The van der Waals surface area contributed by atoms with Gasteiger partial charge in [-0.1, -0.05) is 46.9 Å². The molecule has 0 aromatic heterocycles. The molecule has 0 bridgehead atoms. The van der Waals surface area contributed by atoms with E-state index < -0.39 is 0 Å². The summed E-state index contributed by atoms with van der Waals surface area (Å²) >= 11 is 18.4. The molecule has 1 aliphatic carbocycles. The SMILES string of the molecule is Clc1ccc(N=c2cc3n(-c4ccc(Cl)cc4)c4ccccc4nc-3cc2Nc2ccc(Cl)cc2)cc1. The molecule has 0 radical (unpaired) electrons. The summed E-state index contributed by atoms with van der Waals surface area (Å²) in [6, 6.07) is 34.9. The highest BCUT2D eigenvalue weighted by Crippen LogP contribution is 2.31. The zero-order valence-corrected chi connectivity index (χ0v) is 21.6. The maximum Gasteiger partial charge on any atom is 0.0900 e. The highest BCUT2D eigenvalue weighted by atomic mass is 35.5. The Morgan fingerprint density at radius 3 is 2.00 bits per heavy atom. The van der Waals surface area contributed by atoms with Gasteiger partial charge in [-0.05, 0) is 97.1 Å². The molecule has 0 amide bonds. The molecule has 0 atom stereocenters. The highest BCUT2D eigenvalue weighted by Gasteiger charge is 2.16. The number of hydrogen-bond donors (Lipinski definition) is 1. The molecular formula is C30H19Cl3N4. The predicted molar refractivity (Wildman–Crippen MR) is 154 cm³/mol. The van der Waals surface area contributed by atoms with Gasteiger partial charge in [-0.25, -0.2) is 9.98 Å². The molecular weight excluding hydrogens is 523 g/mol. The van der Waals surface area contributed by atoms with Gasteiger partial charge in [0.05, 0.1) is 39.2 Å². The molecule has 0 unspecified atom stereocenters. The zero-order valence-electron chi connectivity index (χ0n) is 19.4. The fraction of sp³-hybridized carbons (Fsp3) is 0. The van der Waals surface area contributed by atoms with E-state index in [1.165, 1.54) is 0 Å².